The Morgan fingerprint density at radius 3 is 2.34 bits per heavy atom. The van der Waals surface area contributed by atoms with Crippen molar-refractivity contribution in [3.05, 3.63) is 48.3 Å². The number of piperidine rings is 1. The number of aliphatic hydroxyl groups excluding tert-OH is 1. The Bertz CT molecular complexity index is 1060. The van der Waals surface area contributed by atoms with Gasteiger partial charge in [-0.15, -0.1) is 0 Å². The Morgan fingerprint density at radius 2 is 1.63 bits per heavy atom. The van der Waals surface area contributed by atoms with Gasteiger partial charge in [0.2, 0.25) is 0 Å². The minimum atomic E-state index is -0.170. The second-order valence-corrected chi connectivity index (χ2v) is 13.4. The van der Waals surface area contributed by atoms with E-state index in [1.54, 1.807) is 24.1 Å². The van der Waals surface area contributed by atoms with Crippen molar-refractivity contribution in [2.45, 2.75) is 62.4 Å². The number of hydrogen-bond donors (Lipinski definition) is 1. The zero-order chi connectivity index (χ0) is 23.6. The Morgan fingerprint density at radius 1 is 0.943 bits per heavy atom. The molecule has 3 nitrogen and oxygen atoms in total. The molecule has 1 saturated heterocycles. The second-order valence-electron chi connectivity index (χ2n) is 12.3. The van der Waals surface area contributed by atoms with Gasteiger partial charge >= 0.3 is 0 Å². The smallest absolute Gasteiger partial charge is 0.123 e. The van der Waals surface area contributed by atoms with Crippen LogP contribution in [0.3, 0.4) is 0 Å². The largest absolute Gasteiger partial charge is 0.391 e. The quantitative estimate of drug-likeness (QED) is 0.475. The van der Waals surface area contributed by atoms with Crippen LogP contribution in [0.15, 0.2) is 47.4 Å². The van der Waals surface area contributed by atoms with Gasteiger partial charge in [0.1, 0.15) is 5.82 Å². The molecule has 5 fully saturated rings. The molecule has 2 heterocycles. The van der Waals surface area contributed by atoms with Crippen LogP contribution in [0.5, 0.6) is 0 Å². The van der Waals surface area contributed by atoms with E-state index in [9.17, 15) is 9.50 Å². The molecule has 0 amide bonds. The molecular formula is C30H37FN2OS. The molecule has 1 atom stereocenters. The summed E-state index contributed by atoms with van der Waals surface area (Å²) in [5, 5.41) is 11.4. The molecule has 4 aliphatic carbocycles. The molecule has 186 valence electrons. The van der Waals surface area contributed by atoms with E-state index < -0.39 is 0 Å². The highest BCUT2D eigenvalue weighted by Crippen LogP contribution is 2.61. The number of anilines is 1. The van der Waals surface area contributed by atoms with Crippen LogP contribution in [0.25, 0.3) is 11.1 Å². The lowest BCUT2D eigenvalue weighted by atomic mass is 9.48. The molecule has 0 spiro atoms. The summed E-state index contributed by atoms with van der Waals surface area (Å²) < 4.78 is 16.5. The maximum atomic E-state index is 14.1. The number of likely N-dealkylation sites (tertiary alicyclic amines) is 1. The predicted octanol–water partition coefficient (Wildman–Crippen LogP) is 6.61. The highest BCUT2D eigenvalue weighted by atomic mass is 32.2. The van der Waals surface area contributed by atoms with Gasteiger partial charge in [-0.3, -0.25) is 0 Å². The summed E-state index contributed by atoms with van der Waals surface area (Å²) in [6.45, 7) is 4.02. The summed E-state index contributed by atoms with van der Waals surface area (Å²) in [4.78, 5) is 3.75. The van der Waals surface area contributed by atoms with Gasteiger partial charge in [0.05, 0.1) is 11.8 Å². The van der Waals surface area contributed by atoms with E-state index in [1.807, 2.05) is 12.1 Å². The van der Waals surface area contributed by atoms with E-state index in [2.05, 4.69) is 27.4 Å². The normalized spacial score (nSPS) is 33.0. The zero-order valence-electron chi connectivity index (χ0n) is 20.5. The van der Waals surface area contributed by atoms with Crippen LogP contribution in [-0.4, -0.2) is 42.3 Å². The molecule has 8 rings (SSSR count). The van der Waals surface area contributed by atoms with Crippen LogP contribution in [0.4, 0.5) is 10.1 Å². The predicted molar refractivity (Wildman–Crippen MR) is 141 cm³/mol. The SMILES string of the molecule is OC(CN1CCC(CN2Sc3ccccc3-c3cc(F)ccc32)CC1)C12CC3CC(CC(C3)C1)C2. The molecular weight excluding hydrogens is 455 g/mol. The number of fused-ring (bicyclic) bond motifs is 3. The first kappa shape index (κ1) is 22.6. The third-order valence-corrected chi connectivity index (χ3v) is 11.1. The van der Waals surface area contributed by atoms with Crippen molar-refractivity contribution in [1.29, 1.82) is 0 Å². The first-order valence-electron chi connectivity index (χ1n) is 13.8. The number of rotatable bonds is 5. The van der Waals surface area contributed by atoms with Gasteiger partial charge in [-0.05, 0) is 135 Å². The molecule has 5 heteroatoms. The summed E-state index contributed by atoms with van der Waals surface area (Å²) in [6.07, 6.45) is 10.3. The number of hydrogen-bond acceptors (Lipinski definition) is 4. The van der Waals surface area contributed by atoms with Crippen molar-refractivity contribution in [2.24, 2.45) is 29.1 Å². The maximum absolute atomic E-state index is 14.1. The van der Waals surface area contributed by atoms with Gasteiger partial charge in [-0.25, -0.2) is 4.39 Å². The van der Waals surface area contributed by atoms with Crippen molar-refractivity contribution in [3.63, 3.8) is 0 Å². The van der Waals surface area contributed by atoms with Crippen LogP contribution >= 0.6 is 11.9 Å². The average molecular weight is 493 g/mol. The molecule has 2 aliphatic heterocycles. The van der Waals surface area contributed by atoms with Crippen molar-refractivity contribution < 1.29 is 9.50 Å². The number of halogens is 1. The molecule has 2 aromatic carbocycles. The summed E-state index contributed by atoms with van der Waals surface area (Å²) >= 11 is 1.80. The standard InChI is InChI=1S/C30H37FN2OS/c31-24-5-6-27-26(14-24)25-3-1-2-4-28(25)35-33(27)18-20-7-9-32(10-8-20)19-29(34)30-15-21-11-22(16-30)13-23(12-21)17-30/h1-6,14,20-23,29,34H,7-13,15-19H2. The second kappa shape index (κ2) is 8.78. The van der Waals surface area contributed by atoms with Crippen molar-refractivity contribution in [3.8, 4) is 11.1 Å². The lowest BCUT2D eigenvalue weighted by Crippen LogP contribution is -2.55. The molecule has 4 saturated carbocycles. The fourth-order valence-corrected chi connectivity index (χ4v) is 9.82. The van der Waals surface area contributed by atoms with Crippen LogP contribution < -0.4 is 4.31 Å². The van der Waals surface area contributed by atoms with Crippen molar-refractivity contribution in [1.82, 2.24) is 4.90 Å². The molecule has 4 bridgehead atoms. The van der Waals surface area contributed by atoms with E-state index in [-0.39, 0.29) is 17.3 Å². The van der Waals surface area contributed by atoms with Crippen molar-refractivity contribution >= 4 is 17.6 Å². The fourth-order valence-electron chi connectivity index (χ4n) is 8.62. The van der Waals surface area contributed by atoms with Crippen LogP contribution in [0, 0.1) is 34.9 Å². The zero-order valence-corrected chi connectivity index (χ0v) is 21.4. The summed E-state index contributed by atoms with van der Waals surface area (Å²) in [6, 6.07) is 13.6. The van der Waals surface area contributed by atoms with Gasteiger partial charge in [0, 0.05) is 23.5 Å². The Hall–Kier alpha value is -1.56. The van der Waals surface area contributed by atoms with Gasteiger partial charge < -0.3 is 14.3 Å². The number of benzene rings is 2. The number of β-amino-alcohol motifs (C(OH)–C–C–N with tert-alkyl or cyclic N) is 1. The van der Waals surface area contributed by atoms with E-state index in [4.69, 9.17) is 0 Å². The van der Waals surface area contributed by atoms with Crippen LogP contribution in [0.2, 0.25) is 0 Å². The first-order valence-corrected chi connectivity index (χ1v) is 14.6. The molecule has 1 N–H and O–H groups in total. The third-order valence-electron chi connectivity index (χ3n) is 9.97. The molecule has 0 aromatic heterocycles. The molecule has 35 heavy (non-hydrogen) atoms. The van der Waals surface area contributed by atoms with Gasteiger partial charge in [-0.2, -0.15) is 0 Å². The Balaban J connectivity index is 0.987. The molecule has 0 radical (unpaired) electrons. The minimum Gasteiger partial charge on any atom is -0.391 e. The number of aliphatic hydroxyl groups is 1. The Labute approximate surface area is 213 Å². The van der Waals surface area contributed by atoms with Gasteiger partial charge in [0.15, 0.2) is 0 Å². The van der Waals surface area contributed by atoms with E-state index in [1.165, 1.54) is 56.3 Å². The lowest BCUT2D eigenvalue weighted by molar-refractivity contribution is -0.127. The maximum Gasteiger partial charge on any atom is 0.123 e. The summed E-state index contributed by atoms with van der Waals surface area (Å²) in [5.74, 6) is 3.13. The van der Waals surface area contributed by atoms with Crippen LogP contribution in [0.1, 0.15) is 51.4 Å². The average Bonchev–Trinajstić information content (AvgIpc) is 2.84. The first-order chi connectivity index (χ1) is 17.0. The molecule has 2 aromatic rings. The third kappa shape index (κ3) is 4.12. The molecule has 6 aliphatic rings. The summed E-state index contributed by atoms with van der Waals surface area (Å²) in [5.41, 5.74) is 3.50. The van der Waals surface area contributed by atoms with E-state index in [0.29, 0.717) is 5.92 Å². The Kier molecular flexibility index (Phi) is 5.67. The van der Waals surface area contributed by atoms with E-state index >= 15 is 0 Å². The van der Waals surface area contributed by atoms with E-state index in [0.717, 1.165) is 60.7 Å². The monoisotopic (exact) mass is 492 g/mol. The fraction of sp³-hybridized carbons (Fsp3) is 0.600. The highest BCUT2D eigenvalue weighted by molar-refractivity contribution is 8.01. The number of nitrogens with zero attached hydrogens (tertiary/aromatic N) is 2. The topological polar surface area (TPSA) is 26.7 Å². The van der Waals surface area contributed by atoms with Crippen molar-refractivity contribution in [2.75, 3.05) is 30.5 Å². The highest BCUT2D eigenvalue weighted by Gasteiger charge is 2.54. The molecule has 1 unspecified atom stereocenters. The minimum absolute atomic E-state index is 0.150. The van der Waals surface area contributed by atoms with Gasteiger partial charge in [-0.1, -0.05) is 18.2 Å². The van der Waals surface area contributed by atoms with Crippen LogP contribution in [-0.2, 0) is 0 Å². The van der Waals surface area contributed by atoms with Gasteiger partial charge in [0.25, 0.3) is 0 Å². The summed E-state index contributed by atoms with van der Waals surface area (Å²) in [7, 11) is 0. The lowest BCUT2D eigenvalue weighted by Gasteiger charge is -2.59.